The summed E-state index contributed by atoms with van der Waals surface area (Å²) in [6.45, 7) is 1.18. The molecule has 0 bridgehead atoms. The monoisotopic (exact) mass is 392 g/mol. The lowest BCUT2D eigenvalue weighted by molar-refractivity contribution is -0.0175. The van der Waals surface area contributed by atoms with Gasteiger partial charge in [-0.3, -0.25) is 0 Å². The van der Waals surface area contributed by atoms with Crippen molar-refractivity contribution in [1.82, 2.24) is 0 Å². The maximum Gasteiger partial charge on any atom is 0.189 e. The van der Waals surface area contributed by atoms with Crippen molar-refractivity contribution in [2.45, 2.75) is 51.2 Å². The number of hydrogen-bond donors (Lipinski definition) is 0. The van der Waals surface area contributed by atoms with Gasteiger partial charge in [0.05, 0.1) is 6.61 Å². The van der Waals surface area contributed by atoms with Crippen LogP contribution in [0.4, 0.5) is 0 Å². The second kappa shape index (κ2) is 8.08. The van der Waals surface area contributed by atoms with E-state index < -0.39 is 0 Å². The Labute approximate surface area is 164 Å². The molecule has 2 aliphatic rings. The molecule has 0 saturated heterocycles. The Kier molecular flexibility index (Phi) is 5.58. The van der Waals surface area contributed by atoms with Crippen molar-refractivity contribution in [3.63, 3.8) is 0 Å². The minimum absolute atomic E-state index is 0.260. The van der Waals surface area contributed by atoms with E-state index in [4.69, 9.17) is 37.4 Å². The van der Waals surface area contributed by atoms with E-state index in [1.807, 2.05) is 24.3 Å². The minimum Gasteiger partial charge on any atom is -0.488 e. The average Bonchev–Trinajstić information content (AvgIpc) is 2.67. The molecule has 0 spiro atoms. The predicted molar refractivity (Wildman–Crippen MR) is 103 cm³/mol. The first-order valence-corrected chi connectivity index (χ1v) is 9.90. The topological polar surface area (TPSA) is 27.7 Å². The molecule has 1 aliphatic carbocycles. The van der Waals surface area contributed by atoms with Crippen molar-refractivity contribution in [2.24, 2.45) is 0 Å². The van der Waals surface area contributed by atoms with Crippen LogP contribution in [0, 0.1) is 0 Å². The van der Waals surface area contributed by atoms with Crippen molar-refractivity contribution in [2.75, 3.05) is 6.79 Å². The molecular formula is C21H22Cl2O3. The van der Waals surface area contributed by atoms with Crippen molar-refractivity contribution in [1.29, 1.82) is 0 Å². The average molecular weight is 393 g/mol. The molecule has 1 saturated carbocycles. The van der Waals surface area contributed by atoms with Gasteiger partial charge in [0, 0.05) is 21.2 Å². The maximum atomic E-state index is 6.26. The van der Waals surface area contributed by atoms with Gasteiger partial charge in [-0.2, -0.15) is 0 Å². The lowest BCUT2D eigenvalue weighted by Gasteiger charge is -2.25. The third kappa shape index (κ3) is 3.95. The van der Waals surface area contributed by atoms with Crippen LogP contribution in [0.3, 0.4) is 0 Å². The molecule has 0 atom stereocenters. The van der Waals surface area contributed by atoms with E-state index in [0.717, 1.165) is 27.6 Å². The van der Waals surface area contributed by atoms with Crippen LogP contribution >= 0.6 is 23.2 Å². The van der Waals surface area contributed by atoms with Gasteiger partial charge in [-0.05, 0) is 54.7 Å². The smallest absolute Gasteiger partial charge is 0.189 e. The van der Waals surface area contributed by atoms with Gasteiger partial charge in [-0.15, -0.1) is 0 Å². The largest absolute Gasteiger partial charge is 0.488 e. The zero-order valence-corrected chi connectivity index (χ0v) is 16.1. The Hall–Kier alpha value is -1.42. The highest BCUT2D eigenvalue weighted by Crippen LogP contribution is 2.39. The summed E-state index contributed by atoms with van der Waals surface area (Å²) in [4.78, 5) is 0. The second-order valence-corrected chi connectivity index (χ2v) is 7.84. The Morgan fingerprint density at radius 3 is 2.69 bits per heavy atom. The first-order chi connectivity index (χ1) is 12.7. The van der Waals surface area contributed by atoms with Gasteiger partial charge < -0.3 is 14.2 Å². The molecule has 0 radical (unpaired) electrons. The van der Waals surface area contributed by atoms with Crippen LogP contribution < -0.4 is 9.47 Å². The summed E-state index contributed by atoms with van der Waals surface area (Å²) in [5, 5.41) is 1.43. The molecule has 138 valence electrons. The lowest BCUT2D eigenvalue weighted by Crippen LogP contribution is -2.14. The van der Waals surface area contributed by atoms with E-state index in [1.54, 1.807) is 0 Å². The fourth-order valence-electron chi connectivity index (χ4n) is 3.90. The Morgan fingerprint density at radius 2 is 1.85 bits per heavy atom. The van der Waals surface area contributed by atoms with Gasteiger partial charge in [0.1, 0.15) is 18.1 Å². The molecule has 0 aromatic heterocycles. The van der Waals surface area contributed by atoms with Gasteiger partial charge in [-0.25, -0.2) is 0 Å². The molecule has 1 fully saturated rings. The lowest BCUT2D eigenvalue weighted by atomic mass is 9.84. The van der Waals surface area contributed by atoms with E-state index in [1.165, 1.54) is 37.7 Å². The highest BCUT2D eigenvalue weighted by atomic mass is 35.5. The first-order valence-electron chi connectivity index (χ1n) is 9.15. The zero-order valence-electron chi connectivity index (χ0n) is 14.6. The number of ether oxygens (including phenoxy) is 3. The Morgan fingerprint density at radius 1 is 1.00 bits per heavy atom. The number of fused-ring (bicyclic) bond motifs is 1. The summed E-state index contributed by atoms with van der Waals surface area (Å²) in [6.07, 6.45) is 6.26. The van der Waals surface area contributed by atoms with E-state index in [2.05, 4.69) is 6.07 Å². The van der Waals surface area contributed by atoms with Gasteiger partial charge >= 0.3 is 0 Å². The molecule has 0 unspecified atom stereocenters. The quantitative estimate of drug-likeness (QED) is 0.595. The molecule has 1 aliphatic heterocycles. The summed E-state index contributed by atoms with van der Waals surface area (Å²) in [7, 11) is 0. The third-order valence-electron chi connectivity index (χ3n) is 5.15. The Bertz CT molecular complexity index is 785. The number of hydrogen-bond acceptors (Lipinski definition) is 3. The van der Waals surface area contributed by atoms with E-state index in [9.17, 15) is 0 Å². The summed E-state index contributed by atoms with van der Waals surface area (Å²) >= 11 is 12.5. The summed E-state index contributed by atoms with van der Waals surface area (Å²) in [5.41, 5.74) is 3.13. The summed E-state index contributed by atoms with van der Waals surface area (Å²) in [5.74, 6) is 2.26. The maximum absolute atomic E-state index is 6.26. The van der Waals surface area contributed by atoms with Gasteiger partial charge in [0.25, 0.3) is 0 Å². The van der Waals surface area contributed by atoms with E-state index >= 15 is 0 Å². The number of halogens is 2. The molecule has 26 heavy (non-hydrogen) atoms. The SMILES string of the molecule is Clc1cc2c(c(COc3ccc(Cl)cc3C3CCCCC3)c1)OCOC2. The van der Waals surface area contributed by atoms with Crippen LogP contribution in [-0.2, 0) is 18.0 Å². The van der Waals surface area contributed by atoms with Crippen molar-refractivity contribution < 1.29 is 14.2 Å². The molecule has 5 heteroatoms. The zero-order chi connectivity index (χ0) is 17.9. The molecule has 2 aromatic carbocycles. The summed E-state index contributed by atoms with van der Waals surface area (Å²) < 4.78 is 17.2. The Balaban J connectivity index is 1.58. The molecule has 3 nitrogen and oxygen atoms in total. The van der Waals surface area contributed by atoms with Crippen LogP contribution in [-0.4, -0.2) is 6.79 Å². The predicted octanol–water partition coefficient (Wildman–Crippen LogP) is 6.49. The minimum atomic E-state index is 0.260. The van der Waals surface area contributed by atoms with Gasteiger partial charge in [-0.1, -0.05) is 42.5 Å². The molecule has 2 aromatic rings. The molecule has 0 amide bonds. The second-order valence-electron chi connectivity index (χ2n) is 6.97. The highest BCUT2D eigenvalue weighted by Gasteiger charge is 2.21. The standard InChI is InChI=1S/C21H22Cl2O3/c22-17-6-7-20(19(10-17)14-4-2-1-3-5-14)25-12-16-9-18(23)8-15-11-24-13-26-21(15)16/h6-10,14H,1-5,11-13H2. The third-order valence-corrected chi connectivity index (χ3v) is 5.61. The first kappa shape index (κ1) is 18.0. The van der Waals surface area contributed by atoms with Crippen molar-refractivity contribution in [3.05, 3.63) is 57.1 Å². The van der Waals surface area contributed by atoms with Crippen molar-refractivity contribution in [3.8, 4) is 11.5 Å². The van der Waals surface area contributed by atoms with Crippen molar-refractivity contribution >= 4 is 23.2 Å². The van der Waals surface area contributed by atoms with Gasteiger partial charge in [0.2, 0.25) is 0 Å². The van der Waals surface area contributed by atoms with Crippen LogP contribution in [0.2, 0.25) is 10.0 Å². The van der Waals surface area contributed by atoms with Gasteiger partial charge in [0.15, 0.2) is 6.79 Å². The van der Waals surface area contributed by atoms with Crippen LogP contribution in [0.1, 0.15) is 54.7 Å². The molecule has 0 N–H and O–H groups in total. The summed E-state index contributed by atoms with van der Waals surface area (Å²) in [6, 6.07) is 9.72. The van der Waals surface area contributed by atoms with Crippen LogP contribution in [0.25, 0.3) is 0 Å². The van der Waals surface area contributed by atoms with Crippen LogP contribution in [0.15, 0.2) is 30.3 Å². The van der Waals surface area contributed by atoms with E-state index in [-0.39, 0.29) is 6.79 Å². The fourth-order valence-corrected chi connectivity index (χ4v) is 4.35. The number of rotatable bonds is 4. The number of benzene rings is 2. The van der Waals surface area contributed by atoms with Crippen LogP contribution in [0.5, 0.6) is 11.5 Å². The molecule has 1 heterocycles. The normalized spacial score (nSPS) is 17.5. The molecule has 4 rings (SSSR count). The highest BCUT2D eigenvalue weighted by molar-refractivity contribution is 6.31. The fraction of sp³-hybridized carbons (Fsp3) is 0.429. The molecular weight excluding hydrogens is 371 g/mol. The van der Waals surface area contributed by atoms with E-state index in [0.29, 0.717) is 24.2 Å².